The van der Waals surface area contributed by atoms with Crippen molar-refractivity contribution in [2.24, 2.45) is 0 Å². The average molecular weight is 318 g/mol. The van der Waals surface area contributed by atoms with Crippen LogP contribution in [-0.4, -0.2) is 14.5 Å². The third-order valence-corrected chi connectivity index (χ3v) is 4.44. The predicted octanol–water partition coefficient (Wildman–Crippen LogP) is 3.37. The van der Waals surface area contributed by atoms with Crippen molar-refractivity contribution < 1.29 is 0 Å². The van der Waals surface area contributed by atoms with E-state index in [1.54, 1.807) is 6.20 Å². The molecule has 0 atom stereocenters. The average Bonchev–Trinajstić information content (AvgIpc) is 2.65. The first kappa shape index (κ1) is 11.2. The van der Waals surface area contributed by atoms with Gasteiger partial charge in [0.05, 0.1) is 22.7 Å². The molecule has 0 bridgehead atoms. The summed E-state index contributed by atoms with van der Waals surface area (Å²) in [5, 5.41) is 1.03. The molecule has 1 fully saturated rings. The van der Waals surface area contributed by atoms with Gasteiger partial charge >= 0.3 is 5.69 Å². The van der Waals surface area contributed by atoms with Gasteiger partial charge in [0, 0.05) is 15.9 Å². The second kappa shape index (κ2) is 3.93. The SMILES string of the molecule is O=c1[nH]c2cnc3ccc(Br)cc3c2n1C1CCC1. The number of aromatic nitrogens is 3. The Labute approximate surface area is 117 Å². The third-order valence-electron chi connectivity index (χ3n) is 3.94. The Hall–Kier alpha value is -1.62. The normalized spacial score (nSPS) is 16.1. The summed E-state index contributed by atoms with van der Waals surface area (Å²) >= 11 is 3.49. The fourth-order valence-corrected chi connectivity index (χ4v) is 3.13. The molecule has 96 valence electrons. The molecule has 3 aromatic rings. The topological polar surface area (TPSA) is 50.7 Å². The Morgan fingerprint density at radius 2 is 2.21 bits per heavy atom. The van der Waals surface area contributed by atoms with Crippen LogP contribution in [0.5, 0.6) is 0 Å². The summed E-state index contributed by atoms with van der Waals surface area (Å²) in [6, 6.07) is 6.32. The minimum absolute atomic E-state index is 0.0195. The van der Waals surface area contributed by atoms with Crippen LogP contribution in [0.1, 0.15) is 25.3 Å². The van der Waals surface area contributed by atoms with Crippen molar-refractivity contribution in [1.29, 1.82) is 0 Å². The van der Waals surface area contributed by atoms with Gasteiger partial charge in [0.25, 0.3) is 0 Å². The smallest absolute Gasteiger partial charge is 0.304 e. The molecular formula is C14H12BrN3O. The highest BCUT2D eigenvalue weighted by atomic mass is 79.9. The molecule has 0 unspecified atom stereocenters. The molecule has 4 rings (SSSR count). The Morgan fingerprint density at radius 1 is 1.37 bits per heavy atom. The van der Waals surface area contributed by atoms with Gasteiger partial charge in [-0.2, -0.15) is 0 Å². The maximum absolute atomic E-state index is 12.2. The number of imidazole rings is 1. The molecule has 1 aliphatic rings. The van der Waals surface area contributed by atoms with Crippen molar-refractivity contribution in [2.75, 3.05) is 0 Å². The molecular weight excluding hydrogens is 306 g/mol. The number of hydrogen-bond acceptors (Lipinski definition) is 2. The van der Waals surface area contributed by atoms with E-state index in [1.165, 1.54) is 6.42 Å². The highest BCUT2D eigenvalue weighted by Gasteiger charge is 2.24. The summed E-state index contributed by atoms with van der Waals surface area (Å²) < 4.78 is 2.91. The van der Waals surface area contributed by atoms with Crippen LogP contribution >= 0.6 is 15.9 Å². The van der Waals surface area contributed by atoms with Crippen molar-refractivity contribution >= 4 is 37.9 Å². The first-order valence-corrected chi connectivity index (χ1v) is 7.22. The van der Waals surface area contributed by atoms with E-state index in [4.69, 9.17) is 0 Å². The lowest BCUT2D eigenvalue weighted by molar-refractivity contribution is 0.314. The number of hydrogen-bond donors (Lipinski definition) is 1. The number of nitrogens with zero attached hydrogens (tertiary/aromatic N) is 2. The lowest BCUT2D eigenvalue weighted by atomic mass is 9.92. The fraction of sp³-hybridized carbons (Fsp3) is 0.286. The van der Waals surface area contributed by atoms with E-state index in [2.05, 4.69) is 25.9 Å². The maximum Gasteiger partial charge on any atom is 0.326 e. The van der Waals surface area contributed by atoms with Gasteiger partial charge < -0.3 is 4.98 Å². The zero-order valence-corrected chi connectivity index (χ0v) is 11.8. The van der Waals surface area contributed by atoms with E-state index >= 15 is 0 Å². The zero-order chi connectivity index (χ0) is 13.0. The molecule has 2 aromatic heterocycles. The maximum atomic E-state index is 12.2. The van der Waals surface area contributed by atoms with Crippen LogP contribution < -0.4 is 5.69 Å². The van der Waals surface area contributed by atoms with Crippen LogP contribution in [0.4, 0.5) is 0 Å². The molecule has 1 saturated carbocycles. The van der Waals surface area contributed by atoms with Gasteiger partial charge in [0.15, 0.2) is 0 Å². The van der Waals surface area contributed by atoms with E-state index in [0.717, 1.165) is 39.3 Å². The highest BCUT2D eigenvalue weighted by Crippen LogP contribution is 2.34. The van der Waals surface area contributed by atoms with Crippen LogP contribution in [0.3, 0.4) is 0 Å². The number of rotatable bonds is 1. The van der Waals surface area contributed by atoms with Gasteiger partial charge in [0.2, 0.25) is 0 Å². The standard InChI is InChI=1S/C14H12BrN3O/c15-8-4-5-11-10(6-8)13-12(7-16-11)17-14(19)18(13)9-2-1-3-9/h4-7,9H,1-3H2,(H,17,19). The van der Waals surface area contributed by atoms with Gasteiger partial charge in [0.1, 0.15) is 0 Å². The Bertz CT molecular complexity index is 845. The number of aromatic amines is 1. The van der Waals surface area contributed by atoms with Crippen molar-refractivity contribution in [3.63, 3.8) is 0 Å². The van der Waals surface area contributed by atoms with Crippen LogP contribution in [0.15, 0.2) is 33.7 Å². The first-order valence-electron chi connectivity index (χ1n) is 6.42. The Balaban J connectivity index is 2.18. The van der Waals surface area contributed by atoms with Crippen molar-refractivity contribution in [1.82, 2.24) is 14.5 Å². The fourth-order valence-electron chi connectivity index (χ4n) is 2.77. The van der Waals surface area contributed by atoms with E-state index in [0.29, 0.717) is 6.04 Å². The van der Waals surface area contributed by atoms with Gasteiger partial charge in [-0.15, -0.1) is 0 Å². The number of nitrogens with one attached hydrogen (secondary N) is 1. The molecule has 1 aromatic carbocycles. The van der Waals surface area contributed by atoms with Gasteiger partial charge in [-0.3, -0.25) is 9.55 Å². The summed E-state index contributed by atoms with van der Waals surface area (Å²) in [6.07, 6.45) is 5.13. The van der Waals surface area contributed by atoms with E-state index < -0.39 is 0 Å². The highest BCUT2D eigenvalue weighted by molar-refractivity contribution is 9.10. The lowest BCUT2D eigenvalue weighted by Crippen LogP contribution is -2.26. The molecule has 0 saturated heterocycles. The van der Waals surface area contributed by atoms with Crippen LogP contribution in [0.2, 0.25) is 0 Å². The summed E-state index contributed by atoms with van der Waals surface area (Å²) in [4.78, 5) is 19.5. The molecule has 0 amide bonds. The molecule has 1 N–H and O–H groups in total. The quantitative estimate of drug-likeness (QED) is 0.748. The predicted molar refractivity (Wildman–Crippen MR) is 78.4 cm³/mol. The molecule has 1 aliphatic carbocycles. The Kier molecular flexibility index (Phi) is 2.33. The van der Waals surface area contributed by atoms with Gasteiger partial charge in [-0.05, 0) is 37.5 Å². The summed E-state index contributed by atoms with van der Waals surface area (Å²) in [5.74, 6) is 0. The van der Waals surface area contributed by atoms with E-state index in [-0.39, 0.29) is 5.69 Å². The second-order valence-corrected chi connectivity index (χ2v) is 5.98. The number of benzene rings is 1. The molecule has 0 radical (unpaired) electrons. The molecule has 0 spiro atoms. The number of pyridine rings is 1. The monoisotopic (exact) mass is 317 g/mol. The largest absolute Gasteiger partial charge is 0.326 e. The number of H-pyrrole nitrogens is 1. The molecule has 2 heterocycles. The molecule has 4 nitrogen and oxygen atoms in total. The molecule has 5 heteroatoms. The van der Waals surface area contributed by atoms with Crippen molar-refractivity contribution in [2.45, 2.75) is 25.3 Å². The Morgan fingerprint density at radius 3 is 2.95 bits per heavy atom. The number of fused-ring (bicyclic) bond motifs is 3. The minimum atomic E-state index is -0.0195. The number of halogens is 1. The first-order chi connectivity index (χ1) is 9.24. The van der Waals surface area contributed by atoms with Crippen molar-refractivity contribution in [3.05, 3.63) is 39.4 Å². The summed E-state index contributed by atoms with van der Waals surface area (Å²) in [5.41, 5.74) is 2.71. The van der Waals surface area contributed by atoms with E-state index in [9.17, 15) is 4.79 Å². The molecule has 19 heavy (non-hydrogen) atoms. The summed E-state index contributed by atoms with van der Waals surface area (Å²) in [7, 11) is 0. The van der Waals surface area contributed by atoms with Gasteiger partial charge in [-0.25, -0.2) is 4.79 Å². The second-order valence-electron chi connectivity index (χ2n) is 5.07. The van der Waals surface area contributed by atoms with Crippen LogP contribution in [0, 0.1) is 0 Å². The summed E-state index contributed by atoms with van der Waals surface area (Å²) in [6.45, 7) is 0. The lowest BCUT2D eigenvalue weighted by Gasteiger charge is -2.26. The van der Waals surface area contributed by atoms with E-state index in [1.807, 2.05) is 22.8 Å². The van der Waals surface area contributed by atoms with Crippen LogP contribution in [-0.2, 0) is 0 Å². The van der Waals surface area contributed by atoms with Gasteiger partial charge in [-0.1, -0.05) is 15.9 Å². The zero-order valence-electron chi connectivity index (χ0n) is 10.2. The van der Waals surface area contributed by atoms with Crippen molar-refractivity contribution in [3.8, 4) is 0 Å². The minimum Gasteiger partial charge on any atom is -0.304 e. The molecule has 0 aliphatic heterocycles. The third kappa shape index (κ3) is 1.57. The van der Waals surface area contributed by atoms with Crippen LogP contribution in [0.25, 0.3) is 21.9 Å².